The molecule has 0 spiro atoms. The number of hydrogen-bond acceptors (Lipinski definition) is 1. The first-order chi connectivity index (χ1) is 17.2. The molecular weight excluding hydrogens is 426 g/mol. The SMILES string of the molecule is Cc1c2ccccc2cc2c1c1c3c(ccc4c5c(-c6ccccn6)cccc5n2c43)cc[n+]1C. The highest BCUT2D eigenvalue weighted by Gasteiger charge is 2.25. The van der Waals surface area contributed by atoms with Gasteiger partial charge >= 0.3 is 0 Å². The van der Waals surface area contributed by atoms with Gasteiger partial charge in [-0.3, -0.25) is 4.98 Å². The maximum atomic E-state index is 4.72. The van der Waals surface area contributed by atoms with E-state index in [1.165, 1.54) is 70.9 Å². The topological polar surface area (TPSA) is 21.2 Å². The van der Waals surface area contributed by atoms with Gasteiger partial charge in [0.05, 0.1) is 33.0 Å². The number of aryl methyl sites for hydroxylation is 2. The molecule has 0 aliphatic carbocycles. The molecule has 0 bridgehead atoms. The number of hydrogen-bond donors (Lipinski definition) is 0. The fourth-order valence-electron chi connectivity index (χ4n) is 6.27. The van der Waals surface area contributed by atoms with E-state index < -0.39 is 0 Å². The van der Waals surface area contributed by atoms with E-state index in [1.54, 1.807) is 0 Å². The molecule has 0 atom stereocenters. The zero-order valence-electron chi connectivity index (χ0n) is 19.6. The number of pyridine rings is 3. The van der Waals surface area contributed by atoms with E-state index >= 15 is 0 Å². The van der Waals surface area contributed by atoms with E-state index in [4.69, 9.17) is 4.98 Å². The molecule has 0 unspecified atom stereocenters. The summed E-state index contributed by atoms with van der Waals surface area (Å²) in [5, 5.41) is 9.03. The maximum Gasteiger partial charge on any atom is 0.224 e. The first-order valence-electron chi connectivity index (χ1n) is 12.1. The van der Waals surface area contributed by atoms with E-state index in [9.17, 15) is 0 Å². The van der Waals surface area contributed by atoms with Crippen molar-refractivity contribution in [3.8, 4) is 11.3 Å². The third-order valence-corrected chi connectivity index (χ3v) is 7.76. The largest absolute Gasteiger partial charge is 0.307 e. The Kier molecular flexibility index (Phi) is 3.53. The molecule has 8 aromatic rings. The first-order valence-corrected chi connectivity index (χ1v) is 12.1. The molecule has 8 rings (SSSR count). The lowest BCUT2D eigenvalue weighted by Gasteiger charge is -2.14. The lowest BCUT2D eigenvalue weighted by atomic mass is 9.96. The Morgan fingerprint density at radius 2 is 1.60 bits per heavy atom. The molecule has 3 heteroatoms. The van der Waals surface area contributed by atoms with Crippen LogP contribution in [0.1, 0.15) is 5.56 Å². The average Bonchev–Trinajstić information content (AvgIpc) is 3.25. The molecular formula is C32H22N3+. The normalized spacial score (nSPS) is 12.3. The lowest BCUT2D eigenvalue weighted by Crippen LogP contribution is -2.28. The molecule has 0 N–H and O–H groups in total. The summed E-state index contributed by atoms with van der Waals surface area (Å²) >= 11 is 0. The first kappa shape index (κ1) is 18.9. The van der Waals surface area contributed by atoms with Crippen LogP contribution in [0.25, 0.3) is 71.0 Å². The van der Waals surface area contributed by atoms with Crippen LogP contribution in [-0.4, -0.2) is 9.38 Å². The molecule has 0 aliphatic heterocycles. The zero-order chi connectivity index (χ0) is 23.3. The predicted octanol–water partition coefficient (Wildman–Crippen LogP) is 7.34. The Balaban J connectivity index is 1.76. The molecule has 4 aromatic heterocycles. The van der Waals surface area contributed by atoms with Crippen molar-refractivity contribution in [3.05, 3.63) is 103 Å². The Labute approximate surface area is 201 Å². The van der Waals surface area contributed by atoms with Gasteiger partial charge in [-0.25, -0.2) is 4.57 Å². The van der Waals surface area contributed by atoms with Crippen molar-refractivity contribution in [2.24, 2.45) is 7.05 Å². The summed E-state index contributed by atoms with van der Waals surface area (Å²) in [6.45, 7) is 2.27. The quantitative estimate of drug-likeness (QED) is 0.146. The molecule has 0 radical (unpaired) electrons. The predicted molar refractivity (Wildman–Crippen MR) is 145 cm³/mol. The van der Waals surface area contributed by atoms with Crippen molar-refractivity contribution in [3.63, 3.8) is 0 Å². The molecule has 3 nitrogen and oxygen atoms in total. The van der Waals surface area contributed by atoms with Gasteiger partial charge in [0, 0.05) is 28.6 Å². The summed E-state index contributed by atoms with van der Waals surface area (Å²) < 4.78 is 4.80. The molecule has 0 fully saturated rings. The highest BCUT2D eigenvalue weighted by Crippen LogP contribution is 2.44. The second kappa shape index (κ2) is 6.55. The summed E-state index contributed by atoms with van der Waals surface area (Å²) in [5.41, 5.74) is 8.56. The molecule has 0 saturated carbocycles. The fraction of sp³-hybridized carbons (Fsp3) is 0.0625. The summed E-state index contributed by atoms with van der Waals surface area (Å²) in [6.07, 6.45) is 4.07. The van der Waals surface area contributed by atoms with Gasteiger partial charge in [-0.1, -0.05) is 54.6 Å². The van der Waals surface area contributed by atoms with Crippen LogP contribution in [0.2, 0.25) is 0 Å². The van der Waals surface area contributed by atoms with Gasteiger partial charge in [-0.15, -0.1) is 0 Å². The maximum absolute atomic E-state index is 4.72. The van der Waals surface area contributed by atoms with Gasteiger partial charge < -0.3 is 4.40 Å². The number of aromatic nitrogens is 3. The van der Waals surface area contributed by atoms with Crippen LogP contribution in [0.5, 0.6) is 0 Å². The van der Waals surface area contributed by atoms with Gasteiger partial charge in [0.1, 0.15) is 7.05 Å². The lowest BCUT2D eigenvalue weighted by molar-refractivity contribution is -0.643. The standard InChI is InChI=1S/C32H22N3/c1-19-22-9-4-3-8-21(22)18-27-28(19)32-29-20(15-17-34(32)2)13-14-24-30-23(25-11-5-6-16-33-25)10-7-12-26(30)35(27)31(24)29/h3-18H,1-2H3/q+1. The van der Waals surface area contributed by atoms with E-state index in [0.29, 0.717) is 0 Å². The third kappa shape index (κ3) is 2.30. The third-order valence-electron chi connectivity index (χ3n) is 7.76. The van der Waals surface area contributed by atoms with Crippen molar-refractivity contribution in [1.82, 2.24) is 9.38 Å². The second-order valence-corrected chi connectivity index (χ2v) is 9.57. The van der Waals surface area contributed by atoms with Gasteiger partial charge in [-0.05, 0) is 52.9 Å². The van der Waals surface area contributed by atoms with Crippen LogP contribution in [0.15, 0.2) is 97.3 Å². The smallest absolute Gasteiger partial charge is 0.224 e. The van der Waals surface area contributed by atoms with Crippen molar-refractivity contribution in [2.45, 2.75) is 6.92 Å². The summed E-state index contributed by atoms with van der Waals surface area (Å²) in [7, 11) is 2.17. The summed E-state index contributed by atoms with van der Waals surface area (Å²) in [4.78, 5) is 4.72. The van der Waals surface area contributed by atoms with Gasteiger partial charge in [0.2, 0.25) is 5.52 Å². The molecule has 4 heterocycles. The fourth-order valence-corrected chi connectivity index (χ4v) is 6.27. The Bertz CT molecular complexity index is 2120. The molecule has 0 aliphatic rings. The Morgan fingerprint density at radius 3 is 2.49 bits per heavy atom. The second-order valence-electron chi connectivity index (χ2n) is 9.57. The minimum absolute atomic E-state index is 1.00. The van der Waals surface area contributed by atoms with Crippen LogP contribution in [0, 0.1) is 6.92 Å². The van der Waals surface area contributed by atoms with Gasteiger partial charge in [0.25, 0.3) is 0 Å². The number of fused-ring (bicyclic) bond motifs is 7. The van der Waals surface area contributed by atoms with E-state index in [2.05, 4.69) is 108 Å². The van der Waals surface area contributed by atoms with Crippen LogP contribution in [-0.2, 0) is 7.05 Å². The van der Waals surface area contributed by atoms with Crippen molar-refractivity contribution in [1.29, 1.82) is 0 Å². The summed E-state index contributed by atoms with van der Waals surface area (Å²) in [5.74, 6) is 0. The highest BCUT2D eigenvalue weighted by molar-refractivity contribution is 6.29. The average molecular weight is 449 g/mol. The molecule has 0 amide bonds. The molecule has 4 aromatic carbocycles. The minimum Gasteiger partial charge on any atom is -0.307 e. The van der Waals surface area contributed by atoms with Gasteiger partial charge in [0.15, 0.2) is 6.20 Å². The van der Waals surface area contributed by atoms with E-state index in [0.717, 1.165) is 5.69 Å². The van der Waals surface area contributed by atoms with Crippen molar-refractivity contribution < 1.29 is 4.57 Å². The monoisotopic (exact) mass is 448 g/mol. The Morgan fingerprint density at radius 1 is 0.714 bits per heavy atom. The van der Waals surface area contributed by atoms with Crippen LogP contribution >= 0.6 is 0 Å². The minimum atomic E-state index is 1.00. The molecule has 164 valence electrons. The molecule has 0 saturated heterocycles. The van der Waals surface area contributed by atoms with Crippen LogP contribution in [0.3, 0.4) is 0 Å². The van der Waals surface area contributed by atoms with Crippen molar-refractivity contribution in [2.75, 3.05) is 0 Å². The zero-order valence-corrected chi connectivity index (χ0v) is 19.6. The van der Waals surface area contributed by atoms with Gasteiger partial charge in [-0.2, -0.15) is 0 Å². The number of nitrogens with zero attached hydrogens (tertiary/aromatic N) is 3. The number of rotatable bonds is 1. The van der Waals surface area contributed by atoms with E-state index in [1.807, 2.05) is 12.3 Å². The van der Waals surface area contributed by atoms with Crippen LogP contribution in [0.4, 0.5) is 0 Å². The molecule has 35 heavy (non-hydrogen) atoms. The number of benzene rings is 4. The summed E-state index contributed by atoms with van der Waals surface area (Å²) in [6, 6.07) is 30.7. The highest BCUT2D eigenvalue weighted by atomic mass is 15.0. The van der Waals surface area contributed by atoms with Crippen LogP contribution < -0.4 is 4.57 Å². The Hall–Kier alpha value is -4.50. The van der Waals surface area contributed by atoms with E-state index in [-0.39, 0.29) is 0 Å². The van der Waals surface area contributed by atoms with Crippen molar-refractivity contribution >= 4 is 59.8 Å².